The molecule has 0 saturated heterocycles. The summed E-state index contributed by atoms with van der Waals surface area (Å²) in [7, 11) is 0. The van der Waals surface area contributed by atoms with E-state index < -0.39 is 0 Å². The SMILES string of the molecule is Cc1ccccc1CNC(=O)n1nc(-c2ccc(NC(=O)c3ccccc3C)cc2O)cc1C1CCCC1. The molecule has 1 aliphatic rings. The average Bonchev–Trinajstić information content (AvgIpc) is 3.59. The van der Waals surface area contributed by atoms with Gasteiger partial charge in [-0.1, -0.05) is 55.3 Å². The van der Waals surface area contributed by atoms with Crippen molar-refractivity contribution in [3.63, 3.8) is 0 Å². The fourth-order valence-electron chi connectivity index (χ4n) is 5.11. The smallest absolute Gasteiger partial charge is 0.342 e. The van der Waals surface area contributed by atoms with E-state index in [1.165, 1.54) is 10.7 Å². The number of rotatable bonds is 6. The van der Waals surface area contributed by atoms with Gasteiger partial charge in [0, 0.05) is 35.3 Å². The molecule has 0 atom stereocenters. The fraction of sp³-hybridized carbons (Fsp3) is 0.258. The minimum absolute atomic E-state index is 0.0180. The van der Waals surface area contributed by atoms with Crippen LogP contribution in [-0.4, -0.2) is 26.8 Å². The molecule has 7 heteroatoms. The largest absolute Gasteiger partial charge is 0.507 e. The molecule has 1 saturated carbocycles. The van der Waals surface area contributed by atoms with Crippen molar-refractivity contribution in [3.8, 4) is 17.0 Å². The molecule has 5 rings (SSSR count). The molecule has 1 heterocycles. The lowest BCUT2D eigenvalue weighted by molar-refractivity contribution is 0.102. The monoisotopic (exact) mass is 508 g/mol. The van der Waals surface area contributed by atoms with Gasteiger partial charge in [-0.05, 0) is 67.6 Å². The van der Waals surface area contributed by atoms with Crippen molar-refractivity contribution in [3.05, 3.63) is 101 Å². The number of hydrogen-bond acceptors (Lipinski definition) is 4. The zero-order valence-electron chi connectivity index (χ0n) is 21.7. The molecule has 0 unspecified atom stereocenters. The van der Waals surface area contributed by atoms with Crippen LogP contribution in [0.15, 0.2) is 72.8 Å². The number of amides is 2. The normalized spacial score (nSPS) is 13.4. The van der Waals surface area contributed by atoms with E-state index in [1.807, 2.05) is 62.4 Å². The van der Waals surface area contributed by atoms with Crippen LogP contribution in [0.4, 0.5) is 10.5 Å². The number of carbonyl (C=O) groups is 2. The first kappa shape index (κ1) is 25.3. The average molecular weight is 509 g/mol. The van der Waals surface area contributed by atoms with Crippen LogP contribution in [0, 0.1) is 13.8 Å². The summed E-state index contributed by atoms with van der Waals surface area (Å²) in [6, 6.07) is 21.9. The third-order valence-corrected chi connectivity index (χ3v) is 7.32. The van der Waals surface area contributed by atoms with Crippen LogP contribution in [-0.2, 0) is 6.54 Å². The van der Waals surface area contributed by atoms with Gasteiger partial charge in [0.15, 0.2) is 0 Å². The maximum absolute atomic E-state index is 13.3. The van der Waals surface area contributed by atoms with Gasteiger partial charge >= 0.3 is 6.03 Å². The van der Waals surface area contributed by atoms with Crippen molar-refractivity contribution >= 4 is 17.6 Å². The zero-order chi connectivity index (χ0) is 26.6. The van der Waals surface area contributed by atoms with E-state index in [-0.39, 0.29) is 23.6 Å². The van der Waals surface area contributed by atoms with Crippen molar-refractivity contribution in [2.24, 2.45) is 0 Å². The molecule has 7 nitrogen and oxygen atoms in total. The Morgan fingerprint density at radius 2 is 1.66 bits per heavy atom. The van der Waals surface area contributed by atoms with Crippen LogP contribution in [0.1, 0.15) is 64.3 Å². The highest BCUT2D eigenvalue weighted by Crippen LogP contribution is 2.38. The molecule has 1 fully saturated rings. The first-order valence-electron chi connectivity index (χ1n) is 13.0. The maximum Gasteiger partial charge on any atom is 0.342 e. The van der Waals surface area contributed by atoms with Crippen LogP contribution in [0.2, 0.25) is 0 Å². The third-order valence-electron chi connectivity index (χ3n) is 7.32. The van der Waals surface area contributed by atoms with Gasteiger partial charge in [-0.25, -0.2) is 4.79 Å². The summed E-state index contributed by atoms with van der Waals surface area (Å²) >= 11 is 0. The Hall–Kier alpha value is -4.39. The van der Waals surface area contributed by atoms with Crippen molar-refractivity contribution in [1.29, 1.82) is 0 Å². The summed E-state index contributed by atoms with van der Waals surface area (Å²) in [5, 5.41) is 21.3. The highest BCUT2D eigenvalue weighted by atomic mass is 16.3. The molecule has 0 bridgehead atoms. The standard InChI is InChI=1S/C31H32N4O3/c1-20-9-3-5-13-23(20)19-32-31(38)35-28(22-11-6-7-12-22)18-27(34-35)26-16-15-24(17-29(26)36)33-30(37)25-14-8-4-10-21(25)2/h3-5,8-10,13-18,22,36H,6-7,11-12,19H2,1-2H3,(H,32,38)(H,33,37). The van der Waals surface area contributed by atoms with Gasteiger partial charge in [0.25, 0.3) is 5.91 Å². The van der Waals surface area contributed by atoms with E-state index in [0.717, 1.165) is 48.1 Å². The molecule has 4 aromatic rings. The van der Waals surface area contributed by atoms with Gasteiger partial charge in [0.2, 0.25) is 0 Å². The van der Waals surface area contributed by atoms with Crippen LogP contribution in [0.3, 0.4) is 0 Å². The van der Waals surface area contributed by atoms with Gasteiger partial charge in [0.1, 0.15) is 5.75 Å². The van der Waals surface area contributed by atoms with Crippen LogP contribution < -0.4 is 10.6 Å². The summed E-state index contributed by atoms with van der Waals surface area (Å²) in [5.74, 6) is -0.0147. The van der Waals surface area contributed by atoms with E-state index in [9.17, 15) is 14.7 Å². The Kier molecular flexibility index (Phi) is 7.26. The van der Waals surface area contributed by atoms with Gasteiger partial charge in [-0.3, -0.25) is 4.79 Å². The van der Waals surface area contributed by atoms with Gasteiger partial charge in [-0.15, -0.1) is 0 Å². The lowest BCUT2D eigenvalue weighted by Crippen LogP contribution is -2.31. The Balaban J connectivity index is 1.39. The number of phenolic OH excluding ortho intramolecular Hbond substituents is 1. The molecule has 194 valence electrons. The summed E-state index contributed by atoms with van der Waals surface area (Å²) in [6.07, 6.45) is 4.26. The number of carbonyl (C=O) groups excluding carboxylic acids is 2. The van der Waals surface area contributed by atoms with E-state index in [0.29, 0.717) is 29.1 Å². The van der Waals surface area contributed by atoms with Crippen molar-refractivity contribution in [1.82, 2.24) is 15.1 Å². The van der Waals surface area contributed by atoms with Gasteiger partial charge in [0.05, 0.1) is 11.4 Å². The Bertz CT molecular complexity index is 1480. The third kappa shape index (κ3) is 5.32. The predicted octanol–water partition coefficient (Wildman–Crippen LogP) is 6.54. The molecular formula is C31H32N4O3. The number of phenols is 1. The van der Waals surface area contributed by atoms with Gasteiger partial charge < -0.3 is 15.7 Å². The van der Waals surface area contributed by atoms with Crippen molar-refractivity contribution < 1.29 is 14.7 Å². The highest BCUT2D eigenvalue weighted by molar-refractivity contribution is 6.05. The summed E-state index contributed by atoms with van der Waals surface area (Å²) in [5.41, 5.74) is 5.98. The number of anilines is 1. The van der Waals surface area contributed by atoms with E-state index in [1.54, 1.807) is 18.2 Å². The fourth-order valence-corrected chi connectivity index (χ4v) is 5.11. The molecule has 0 aliphatic heterocycles. The van der Waals surface area contributed by atoms with E-state index in [4.69, 9.17) is 0 Å². The number of aromatic nitrogens is 2. The second-order valence-electron chi connectivity index (χ2n) is 9.93. The number of aromatic hydroxyl groups is 1. The summed E-state index contributed by atoms with van der Waals surface area (Å²) in [6.45, 7) is 4.31. The van der Waals surface area contributed by atoms with Crippen LogP contribution in [0.25, 0.3) is 11.3 Å². The molecule has 2 amide bonds. The number of nitrogens with zero attached hydrogens (tertiary/aromatic N) is 2. The van der Waals surface area contributed by atoms with Crippen molar-refractivity contribution in [2.75, 3.05) is 5.32 Å². The lowest BCUT2D eigenvalue weighted by atomic mass is 10.0. The van der Waals surface area contributed by atoms with E-state index in [2.05, 4.69) is 15.7 Å². The summed E-state index contributed by atoms with van der Waals surface area (Å²) < 4.78 is 1.46. The molecule has 3 aromatic carbocycles. The maximum atomic E-state index is 13.3. The minimum Gasteiger partial charge on any atom is -0.507 e. The molecule has 1 aliphatic carbocycles. The van der Waals surface area contributed by atoms with Crippen LogP contribution >= 0.6 is 0 Å². The Morgan fingerprint density at radius 3 is 2.37 bits per heavy atom. The van der Waals surface area contributed by atoms with Gasteiger partial charge in [-0.2, -0.15) is 9.78 Å². The number of benzene rings is 3. The van der Waals surface area contributed by atoms with Crippen molar-refractivity contribution in [2.45, 2.75) is 52.0 Å². The second kappa shape index (κ2) is 10.9. The topological polar surface area (TPSA) is 96.3 Å². The quantitative estimate of drug-likeness (QED) is 0.275. The first-order chi connectivity index (χ1) is 18.4. The number of nitrogens with one attached hydrogen (secondary N) is 2. The Morgan fingerprint density at radius 1 is 0.947 bits per heavy atom. The zero-order valence-corrected chi connectivity index (χ0v) is 21.7. The number of aryl methyl sites for hydroxylation is 2. The van der Waals surface area contributed by atoms with Crippen LogP contribution in [0.5, 0.6) is 5.75 Å². The lowest BCUT2D eigenvalue weighted by Gasteiger charge is -2.13. The molecule has 38 heavy (non-hydrogen) atoms. The predicted molar refractivity (Wildman–Crippen MR) is 148 cm³/mol. The first-order valence-corrected chi connectivity index (χ1v) is 13.0. The summed E-state index contributed by atoms with van der Waals surface area (Å²) in [4.78, 5) is 26.0. The minimum atomic E-state index is -0.289. The Labute approximate surface area is 222 Å². The number of hydrogen-bond donors (Lipinski definition) is 3. The molecule has 0 radical (unpaired) electrons. The molecule has 1 aromatic heterocycles. The van der Waals surface area contributed by atoms with E-state index >= 15 is 0 Å². The molecular weight excluding hydrogens is 476 g/mol. The second-order valence-corrected chi connectivity index (χ2v) is 9.93. The molecule has 0 spiro atoms. The molecule has 3 N–H and O–H groups in total. The highest BCUT2D eigenvalue weighted by Gasteiger charge is 2.26.